The summed E-state index contributed by atoms with van der Waals surface area (Å²) in [6.07, 6.45) is 0.476. The number of nitrogens with one attached hydrogen (secondary N) is 1. The van der Waals surface area contributed by atoms with Crippen LogP contribution in [0, 0.1) is 27.7 Å². The average Bonchev–Trinajstić information content (AvgIpc) is 2.31. The average molecular weight is 247 g/mol. The Labute approximate surface area is 109 Å². The predicted octanol–water partition coefficient (Wildman–Crippen LogP) is 3.47. The lowest BCUT2D eigenvalue weighted by Crippen LogP contribution is -2.14. The van der Waals surface area contributed by atoms with Crippen molar-refractivity contribution in [1.29, 1.82) is 0 Å². The van der Waals surface area contributed by atoms with Crippen molar-refractivity contribution in [2.75, 3.05) is 5.32 Å². The van der Waals surface area contributed by atoms with Crippen molar-refractivity contribution in [3.63, 3.8) is 0 Å². The van der Waals surface area contributed by atoms with Gasteiger partial charge >= 0.3 is 0 Å². The van der Waals surface area contributed by atoms with Gasteiger partial charge in [0.25, 0.3) is 0 Å². The minimum atomic E-state index is -0.112. The van der Waals surface area contributed by atoms with Gasteiger partial charge in [0, 0.05) is 24.6 Å². The van der Waals surface area contributed by atoms with E-state index in [0.717, 1.165) is 33.5 Å². The van der Waals surface area contributed by atoms with E-state index in [0.29, 0.717) is 6.42 Å². The molecule has 0 fully saturated rings. The Morgan fingerprint density at radius 1 is 0.944 bits per heavy atom. The molecule has 1 N–H and O–H groups in total. The van der Waals surface area contributed by atoms with Gasteiger partial charge in [0.2, 0.25) is 5.91 Å². The van der Waals surface area contributed by atoms with Gasteiger partial charge in [-0.1, -0.05) is 6.92 Å². The smallest absolute Gasteiger partial charge is 0.221 e. The Hall–Kier alpha value is -1.64. The van der Waals surface area contributed by atoms with Crippen LogP contribution in [0.25, 0.3) is 0 Å². The zero-order valence-corrected chi connectivity index (χ0v) is 12.0. The predicted molar refractivity (Wildman–Crippen MR) is 74.3 cm³/mol. The highest BCUT2D eigenvalue weighted by Crippen LogP contribution is 2.31. The molecule has 0 aliphatic heterocycles. The van der Waals surface area contributed by atoms with Gasteiger partial charge in [0.1, 0.15) is 0 Å². The van der Waals surface area contributed by atoms with E-state index in [1.54, 1.807) is 0 Å². The van der Waals surface area contributed by atoms with Gasteiger partial charge in [-0.3, -0.25) is 9.59 Å². The number of benzene rings is 1. The molecular formula is C15H21NO2. The van der Waals surface area contributed by atoms with Gasteiger partial charge in [-0.25, -0.2) is 0 Å². The van der Waals surface area contributed by atoms with Crippen molar-refractivity contribution in [1.82, 2.24) is 0 Å². The molecule has 1 amide bonds. The normalized spacial score (nSPS) is 10.3. The topological polar surface area (TPSA) is 46.2 Å². The van der Waals surface area contributed by atoms with E-state index >= 15 is 0 Å². The van der Waals surface area contributed by atoms with Gasteiger partial charge in [-0.15, -0.1) is 0 Å². The van der Waals surface area contributed by atoms with Crippen LogP contribution in [-0.4, -0.2) is 11.7 Å². The van der Waals surface area contributed by atoms with E-state index in [1.807, 2.05) is 34.6 Å². The van der Waals surface area contributed by atoms with E-state index in [9.17, 15) is 9.59 Å². The molecule has 0 aliphatic carbocycles. The summed E-state index contributed by atoms with van der Waals surface area (Å²) in [6, 6.07) is 0. The molecule has 18 heavy (non-hydrogen) atoms. The van der Waals surface area contributed by atoms with Crippen LogP contribution in [-0.2, 0) is 4.79 Å². The van der Waals surface area contributed by atoms with Crippen molar-refractivity contribution in [2.45, 2.75) is 48.0 Å². The SMILES string of the molecule is CCC(=O)c1c(C)c(C)c(C)c(NC(C)=O)c1C. The molecule has 0 radical (unpaired) electrons. The molecule has 0 heterocycles. The number of Topliss-reactive ketones (excluding diaryl/α,β-unsaturated/α-hetero) is 1. The number of hydrogen-bond acceptors (Lipinski definition) is 2. The minimum absolute atomic E-state index is 0.112. The zero-order valence-electron chi connectivity index (χ0n) is 12.0. The highest BCUT2D eigenvalue weighted by atomic mass is 16.1. The number of carbonyl (C=O) groups is 2. The van der Waals surface area contributed by atoms with Crippen LogP contribution in [0.2, 0.25) is 0 Å². The molecular weight excluding hydrogens is 226 g/mol. The van der Waals surface area contributed by atoms with Gasteiger partial charge in [0.05, 0.1) is 0 Å². The first-order valence-electron chi connectivity index (χ1n) is 6.22. The van der Waals surface area contributed by atoms with Crippen LogP contribution in [0.3, 0.4) is 0 Å². The summed E-state index contributed by atoms with van der Waals surface area (Å²) in [7, 11) is 0. The highest BCUT2D eigenvalue weighted by molar-refractivity contribution is 6.02. The fourth-order valence-electron chi connectivity index (χ4n) is 2.30. The summed E-state index contributed by atoms with van der Waals surface area (Å²) in [4.78, 5) is 23.3. The molecule has 0 atom stereocenters. The number of anilines is 1. The molecule has 3 heteroatoms. The largest absolute Gasteiger partial charge is 0.326 e. The summed E-state index contributed by atoms with van der Waals surface area (Å²) in [5.74, 6) is 0.0130. The lowest BCUT2D eigenvalue weighted by atomic mass is 9.89. The molecule has 98 valence electrons. The monoisotopic (exact) mass is 247 g/mol. The van der Waals surface area contributed by atoms with Crippen molar-refractivity contribution in [3.05, 3.63) is 27.8 Å². The van der Waals surface area contributed by atoms with E-state index in [4.69, 9.17) is 0 Å². The number of amides is 1. The van der Waals surface area contributed by atoms with Crippen LogP contribution in [0.4, 0.5) is 5.69 Å². The molecule has 0 saturated heterocycles. The Bertz CT molecular complexity index is 516. The number of carbonyl (C=O) groups excluding carboxylic acids is 2. The standard InChI is InChI=1S/C15H21NO2/c1-7-13(18)14-9(3)8(2)10(4)15(11(14)5)16-12(6)17/h7H2,1-6H3,(H,16,17). The van der Waals surface area contributed by atoms with Crippen LogP contribution < -0.4 is 5.32 Å². The first-order chi connectivity index (χ1) is 8.31. The Balaban J connectivity index is 3.59. The summed E-state index contributed by atoms with van der Waals surface area (Å²) < 4.78 is 0. The molecule has 0 bridgehead atoms. The molecule has 0 aromatic heterocycles. The van der Waals surface area contributed by atoms with Crippen LogP contribution in [0.5, 0.6) is 0 Å². The molecule has 0 spiro atoms. The van der Waals surface area contributed by atoms with E-state index < -0.39 is 0 Å². The van der Waals surface area contributed by atoms with Crippen LogP contribution in [0.15, 0.2) is 0 Å². The first kappa shape index (κ1) is 14.4. The van der Waals surface area contributed by atoms with Crippen molar-refractivity contribution < 1.29 is 9.59 Å². The molecule has 0 aliphatic rings. The number of hydrogen-bond donors (Lipinski definition) is 1. The van der Waals surface area contributed by atoms with E-state index in [1.165, 1.54) is 6.92 Å². The summed E-state index contributed by atoms with van der Waals surface area (Å²) in [5, 5.41) is 2.84. The molecule has 1 rings (SSSR count). The Morgan fingerprint density at radius 2 is 1.50 bits per heavy atom. The fourth-order valence-corrected chi connectivity index (χ4v) is 2.30. The Kier molecular flexibility index (Phi) is 4.28. The van der Waals surface area contributed by atoms with Crippen molar-refractivity contribution >= 4 is 17.4 Å². The highest BCUT2D eigenvalue weighted by Gasteiger charge is 2.19. The maximum absolute atomic E-state index is 12.0. The molecule has 1 aromatic rings. The lowest BCUT2D eigenvalue weighted by molar-refractivity contribution is -0.114. The van der Waals surface area contributed by atoms with Crippen LogP contribution >= 0.6 is 0 Å². The summed E-state index contributed by atoms with van der Waals surface area (Å²) in [5.41, 5.74) is 5.53. The molecule has 1 aromatic carbocycles. The zero-order chi connectivity index (χ0) is 14.0. The van der Waals surface area contributed by atoms with Crippen LogP contribution in [0.1, 0.15) is 52.9 Å². The summed E-state index contributed by atoms with van der Waals surface area (Å²) >= 11 is 0. The van der Waals surface area contributed by atoms with Crippen molar-refractivity contribution in [3.8, 4) is 0 Å². The molecule has 0 saturated carbocycles. The molecule has 3 nitrogen and oxygen atoms in total. The maximum atomic E-state index is 12.0. The number of rotatable bonds is 3. The van der Waals surface area contributed by atoms with Gasteiger partial charge < -0.3 is 5.32 Å². The fraction of sp³-hybridized carbons (Fsp3) is 0.467. The number of ketones is 1. The minimum Gasteiger partial charge on any atom is -0.326 e. The quantitative estimate of drug-likeness (QED) is 0.831. The van der Waals surface area contributed by atoms with Gasteiger partial charge in [-0.2, -0.15) is 0 Å². The third-order valence-electron chi connectivity index (χ3n) is 3.53. The molecule has 0 unspecified atom stereocenters. The lowest BCUT2D eigenvalue weighted by Gasteiger charge is -2.19. The second kappa shape index (κ2) is 5.34. The third kappa shape index (κ3) is 2.45. The van der Waals surface area contributed by atoms with Gasteiger partial charge in [-0.05, 0) is 49.9 Å². The van der Waals surface area contributed by atoms with Crippen molar-refractivity contribution in [2.24, 2.45) is 0 Å². The third-order valence-corrected chi connectivity index (χ3v) is 3.53. The summed E-state index contributed by atoms with van der Waals surface area (Å²) in [6.45, 7) is 11.2. The second-order valence-corrected chi connectivity index (χ2v) is 4.71. The second-order valence-electron chi connectivity index (χ2n) is 4.71. The maximum Gasteiger partial charge on any atom is 0.221 e. The van der Waals surface area contributed by atoms with E-state index in [-0.39, 0.29) is 11.7 Å². The van der Waals surface area contributed by atoms with Gasteiger partial charge in [0.15, 0.2) is 5.78 Å². The Morgan fingerprint density at radius 3 is 1.94 bits per heavy atom. The first-order valence-corrected chi connectivity index (χ1v) is 6.22. The van der Waals surface area contributed by atoms with E-state index in [2.05, 4.69) is 5.32 Å².